The molecule has 6 nitrogen and oxygen atoms in total. The molecule has 29 heavy (non-hydrogen) atoms. The molecule has 1 N–H and O–H groups in total. The molecule has 0 aliphatic carbocycles. The van der Waals surface area contributed by atoms with Gasteiger partial charge in [-0.1, -0.05) is 42.8 Å². The Morgan fingerprint density at radius 1 is 1.14 bits per heavy atom. The lowest BCUT2D eigenvalue weighted by Crippen LogP contribution is -2.33. The molecule has 150 valence electrons. The van der Waals surface area contributed by atoms with Gasteiger partial charge in [-0.05, 0) is 49.6 Å². The predicted molar refractivity (Wildman–Crippen MR) is 114 cm³/mol. The molecule has 0 radical (unpaired) electrons. The van der Waals surface area contributed by atoms with Gasteiger partial charge in [0.25, 0.3) is 11.5 Å². The molecule has 0 saturated carbocycles. The highest BCUT2D eigenvalue weighted by Crippen LogP contribution is 2.19. The van der Waals surface area contributed by atoms with Crippen LogP contribution in [-0.2, 0) is 4.79 Å². The summed E-state index contributed by atoms with van der Waals surface area (Å²) in [6, 6.07) is 15.5. The van der Waals surface area contributed by atoms with Crippen LogP contribution in [0.5, 0.6) is 5.88 Å². The first-order chi connectivity index (χ1) is 13.9. The second kappa shape index (κ2) is 8.92. The van der Waals surface area contributed by atoms with Crippen LogP contribution < -0.4 is 15.6 Å². The Hall–Kier alpha value is -3.12. The number of halogens is 1. The van der Waals surface area contributed by atoms with Crippen LogP contribution in [-0.4, -0.2) is 21.8 Å². The molecule has 2 aromatic carbocycles. The van der Waals surface area contributed by atoms with E-state index >= 15 is 0 Å². The number of hydrogen-bond acceptors (Lipinski definition) is 4. The van der Waals surface area contributed by atoms with E-state index in [2.05, 4.69) is 10.4 Å². The topological polar surface area (TPSA) is 73.2 Å². The number of nitrogens with zero attached hydrogens (tertiary/aromatic N) is 2. The Labute approximate surface area is 174 Å². The molecule has 0 bridgehead atoms. The van der Waals surface area contributed by atoms with Gasteiger partial charge in [-0.2, -0.15) is 4.68 Å². The molecule has 1 aromatic heterocycles. The molecular formula is C22H22ClN3O3. The number of aromatic nitrogens is 2. The van der Waals surface area contributed by atoms with E-state index < -0.39 is 6.10 Å². The molecule has 0 fully saturated rings. The number of ether oxygens (including phenoxy) is 1. The number of benzene rings is 2. The first kappa shape index (κ1) is 20.6. The highest BCUT2D eigenvalue weighted by molar-refractivity contribution is 6.30. The SMILES string of the molecule is CCC(Oc1ccc(=O)n(-c2cc(Cl)ccc2C)n1)C(=O)Nc1ccccc1C. The maximum atomic E-state index is 12.7. The zero-order valence-corrected chi connectivity index (χ0v) is 17.2. The summed E-state index contributed by atoms with van der Waals surface area (Å²) in [6.45, 7) is 5.62. The fourth-order valence-electron chi connectivity index (χ4n) is 2.83. The van der Waals surface area contributed by atoms with Crippen molar-refractivity contribution in [2.24, 2.45) is 0 Å². The molecule has 0 saturated heterocycles. The number of aryl methyl sites for hydroxylation is 2. The van der Waals surface area contributed by atoms with Crippen LogP contribution in [0, 0.1) is 13.8 Å². The number of nitrogens with one attached hydrogen (secondary N) is 1. The third-order valence-electron chi connectivity index (χ3n) is 4.50. The van der Waals surface area contributed by atoms with Gasteiger partial charge >= 0.3 is 0 Å². The standard InChI is InChI=1S/C22H22ClN3O3/c1-4-19(22(28)24-17-8-6-5-7-14(17)2)29-20-11-12-21(27)26(25-20)18-13-16(23)10-9-15(18)3/h5-13,19H,4H2,1-3H3,(H,24,28). The number of carbonyl (C=O) groups excluding carboxylic acids is 1. The minimum Gasteiger partial charge on any atom is -0.463 e. The van der Waals surface area contributed by atoms with Crippen LogP contribution >= 0.6 is 11.6 Å². The van der Waals surface area contributed by atoms with Crippen molar-refractivity contribution in [3.63, 3.8) is 0 Å². The van der Waals surface area contributed by atoms with Crippen LogP contribution in [0.3, 0.4) is 0 Å². The largest absolute Gasteiger partial charge is 0.463 e. The zero-order chi connectivity index (χ0) is 21.0. The molecule has 1 unspecified atom stereocenters. The second-order valence-electron chi connectivity index (χ2n) is 6.67. The summed E-state index contributed by atoms with van der Waals surface area (Å²) in [4.78, 5) is 25.0. The fraction of sp³-hybridized carbons (Fsp3) is 0.227. The lowest BCUT2D eigenvalue weighted by molar-refractivity contribution is -0.123. The molecule has 0 spiro atoms. The first-order valence-electron chi connectivity index (χ1n) is 9.29. The maximum Gasteiger partial charge on any atom is 0.271 e. The summed E-state index contributed by atoms with van der Waals surface area (Å²) in [7, 11) is 0. The van der Waals surface area contributed by atoms with Gasteiger partial charge in [0, 0.05) is 22.8 Å². The highest BCUT2D eigenvalue weighted by atomic mass is 35.5. The van der Waals surface area contributed by atoms with Crippen LogP contribution in [0.15, 0.2) is 59.4 Å². The van der Waals surface area contributed by atoms with Crippen LogP contribution in [0.1, 0.15) is 24.5 Å². The van der Waals surface area contributed by atoms with E-state index in [0.29, 0.717) is 17.1 Å². The van der Waals surface area contributed by atoms with Crippen molar-refractivity contribution in [1.29, 1.82) is 0 Å². The average Bonchev–Trinajstić information content (AvgIpc) is 2.71. The van der Waals surface area contributed by atoms with Gasteiger partial charge in [-0.15, -0.1) is 5.10 Å². The van der Waals surface area contributed by atoms with Crippen molar-refractivity contribution >= 4 is 23.2 Å². The monoisotopic (exact) mass is 411 g/mol. The third-order valence-corrected chi connectivity index (χ3v) is 4.74. The van der Waals surface area contributed by atoms with Crippen molar-refractivity contribution in [1.82, 2.24) is 9.78 Å². The van der Waals surface area contributed by atoms with Crippen molar-refractivity contribution in [2.45, 2.75) is 33.3 Å². The Morgan fingerprint density at radius 3 is 2.62 bits per heavy atom. The summed E-state index contributed by atoms with van der Waals surface area (Å²) >= 11 is 6.07. The summed E-state index contributed by atoms with van der Waals surface area (Å²) in [5.41, 5.74) is 2.77. The van der Waals surface area contributed by atoms with E-state index in [4.69, 9.17) is 16.3 Å². The summed E-state index contributed by atoms with van der Waals surface area (Å²) in [5, 5.41) is 7.66. The minimum absolute atomic E-state index is 0.177. The van der Waals surface area contributed by atoms with Crippen LogP contribution in [0.25, 0.3) is 5.69 Å². The maximum absolute atomic E-state index is 12.7. The lowest BCUT2D eigenvalue weighted by atomic mass is 10.2. The Balaban J connectivity index is 1.85. The van der Waals surface area contributed by atoms with Crippen LogP contribution in [0.2, 0.25) is 5.02 Å². The van der Waals surface area contributed by atoms with Gasteiger partial charge < -0.3 is 10.1 Å². The number of anilines is 1. The average molecular weight is 412 g/mol. The van der Waals surface area contributed by atoms with Gasteiger partial charge in [-0.25, -0.2) is 0 Å². The number of para-hydroxylation sites is 1. The van der Waals surface area contributed by atoms with Crippen molar-refractivity contribution < 1.29 is 9.53 Å². The smallest absolute Gasteiger partial charge is 0.271 e. The molecule has 1 heterocycles. The molecule has 3 aromatic rings. The first-order valence-corrected chi connectivity index (χ1v) is 9.67. The van der Waals surface area contributed by atoms with Gasteiger partial charge in [0.15, 0.2) is 6.10 Å². The second-order valence-corrected chi connectivity index (χ2v) is 7.11. The van der Waals surface area contributed by atoms with E-state index in [0.717, 1.165) is 16.8 Å². The van der Waals surface area contributed by atoms with E-state index in [9.17, 15) is 9.59 Å². The quantitative estimate of drug-likeness (QED) is 0.656. The number of rotatable bonds is 6. The summed E-state index contributed by atoms with van der Waals surface area (Å²) in [5.74, 6) is -0.101. The Morgan fingerprint density at radius 2 is 1.90 bits per heavy atom. The summed E-state index contributed by atoms with van der Waals surface area (Å²) in [6.07, 6.45) is -0.317. The van der Waals surface area contributed by atoms with Crippen molar-refractivity contribution in [3.05, 3.63) is 81.1 Å². The Bertz CT molecular complexity index is 1090. The van der Waals surface area contributed by atoms with E-state index in [-0.39, 0.29) is 17.3 Å². The van der Waals surface area contributed by atoms with Crippen molar-refractivity contribution in [2.75, 3.05) is 5.32 Å². The lowest BCUT2D eigenvalue weighted by Gasteiger charge is -2.18. The normalized spacial score (nSPS) is 11.7. The zero-order valence-electron chi connectivity index (χ0n) is 16.5. The Kier molecular flexibility index (Phi) is 6.34. The molecule has 1 atom stereocenters. The molecular weight excluding hydrogens is 390 g/mol. The third kappa shape index (κ3) is 4.84. The van der Waals surface area contributed by atoms with E-state index in [1.807, 2.05) is 51.1 Å². The van der Waals surface area contributed by atoms with E-state index in [1.165, 1.54) is 16.8 Å². The molecule has 3 rings (SSSR count). The molecule has 0 aliphatic heterocycles. The predicted octanol–water partition coefficient (Wildman–Crippen LogP) is 4.30. The number of amides is 1. The molecule has 7 heteroatoms. The van der Waals surface area contributed by atoms with Crippen LogP contribution in [0.4, 0.5) is 5.69 Å². The minimum atomic E-state index is -0.756. The molecule has 0 aliphatic rings. The van der Waals surface area contributed by atoms with Gasteiger partial charge in [0.05, 0.1) is 5.69 Å². The summed E-state index contributed by atoms with van der Waals surface area (Å²) < 4.78 is 7.03. The van der Waals surface area contributed by atoms with E-state index in [1.54, 1.807) is 12.1 Å². The van der Waals surface area contributed by atoms with Crippen molar-refractivity contribution in [3.8, 4) is 11.6 Å². The van der Waals surface area contributed by atoms with Gasteiger partial charge in [0.2, 0.25) is 5.88 Å². The van der Waals surface area contributed by atoms with Gasteiger partial charge in [-0.3, -0.25) is 9.59 Å². The number of carbonyl (C=O) groups is 1. The highest BCUT2D eigenvalue weighted by Gasteiger charge is 2.20. The number of hydrogen-bond donors (Lipinski definition) is 1. The molecule has 1 amide bonds. The van der Waals surface area contributed by atoms with Gasteiger partial charge in [0.1, 0.15) is 0 Å². The fourth-order valence-corrected chi connectivity index (χ4v) is 3.00.